The van der Waals surface area contributed by atoms with Gasteiger partial charge in [-0.15, -0.1) is 23.7 Å². The Bertz CT molecular complexity index is 1420. The van der Waals surface area contributed by atoms with Crippen molar-refractivity contribution in [2.24, 2.45) is 0 Å². The molecule has 0 saturated carbocycles. The first kappa shape index (κ1) is 30.4. The molecular weight excluding hydrogens is 589 g/mol. The van der Waals surface area contributed by atoms with Crippen LogP contribution in [-0.4, -0.2) is 82.2 Å². The van der Waals surface area contributed by atoms with Crippen LogP contribution in [-0.2, 0) is 22.6 Å². The Hall–Kier alpha value is -3.58. The summed E-state index contributed by atoms with van der Waals surface area (Å²) in [4.78, 5) is 65.2. The van der Waals surface area contributed by atoms with E-state index in [4.69, 9.17) is 11.6 Å². The third-order valence-corrected chi connectivity index (χ3v) is 8.15. The number of thiazole rings is 1. The molecule has 41 heavy (non-hydrogen) atoms. The van der Waals surface area contributed by atoms with Crippen LogP contribution in [0.25, 0.3) is 0 Å². The van der Waals surface area contributed by atoms with E-state index in [1.54, 1.807) is 35.2 Å². The van der Waals surface area contributed by atoms with Gasteiger partial charge in [0, 0.05) is 49.2 Å². The SMILES string of the molecule is CN1CCc2nc(C(=O)N[C@@H]3CN(C(=O)c4ccccc4)CC[C@@H]3NC(=O)C(=O)Nc3ccc(Cl)cn3)sc2C1.Cl. The Morgan fingerprint density at radius 1 is 1.00 bits per heavy atom. The molecule has 4 amide bonds. The van der Waals surface area contributed by atoms with Crippen molar-refractivity contribution in [3.8, 4) is 0 Å². The van der Waals surface area contributed by atoms with Gasteiger partial charge in [-0.2, -0.15) is 0 Å². The van der Waals surface area contributed by atoms with Crippen LogP contribution in [0.4, 0.5) is 5.82 Å². The van der Waals surface area contributed by atoms with E-state index < -0.39 is 23.9 Å². The van der Waals surface area contributed by atoms with Crippen LogP contribution in [0.2, 0.25) is 5.02 Å². The van der Waals surface area contributed by atoms with Crippen molar-refractivity contribution in [2.45, 2.75) is 31.5 Å². The van der Waals surface area contributed by atoms with Crippen molar-refractivity contribution < 1.29 is 19.2 Å². The number of rotatable bonds is 5. The van der Waals surface area contributed by atoms with Crippen molar-refractivity contribution in [3.05, 3.63) is 74.8 Å². The third-order valence-electron chi connectivity index (χ3n) is 6.85. The average Bonchev–Trinajstić information content (AvgIpc) is 3.38. The molecule has 0 bridgehead atoms. The second kappa shape index (κ2) is 13.4. The number of hydrogen-bond donors (Lipinski definition) is 3. The first-order valence-electron chi connectivity index (χ1n) is 12.8. The highest BCUT2D eigenvalue weighted by molar-refractivity contribution is 7.13. The summed E-state index contributed by atoms with van der Waals surface area (Å²) < 4.78 is 0. The molecular formula is C27H29Cl2N7O4S. The fraction of sp³-hybridized carbons (Fsp3) is 0.333. The van der Waals surface area contributed by atoms with Gasteiger partial charge in [0.05, 0.1) is 22.8 Å². The van der Waals surface area contributed by atoms with Gasteiger partial charge in [-0.25, -0.2) is 9.97 Å². The molecule has 0 aliphatic carbocycles. The molecule has 2 aliphatic rings. The molecule has 2 aromatic heterocycles. The second-order valence-corrected chi connectivity index (χ2v) is 11.3. The van der Waals surface area contributed by atoms with E-state index in [1.165, 1.54) is 23.6 Å². The zero-order valence-electron chi connectivity index (χ0n) is 22.1. The number of likely N-dealkylation sites (N-methyl/N-ethyl adjacent to an activating group) is 1. The summed E-state index contributed by atoms with van der Waals surface area (Å²) in [5.74, 6) is -2.16. The number of piperidine rings is 1. The first-order chi connectivity index (χ1) is 19.3. The number of nitrogens with zero attached hydrogens (tertiary/aromatic N) is 4. The minimum atomic E-state index is -0.903. The summed E-state index contributed by atoms with van der Waals surface area (Å²) in [5, 5.41) is 8.87. The van der Waals surface area contributed by atoms with Crippen LogP contribution in [0.1, 0.15) is 37.2 Å². The highest BCUT2D eigenvalue weighted by atomic mass is 35.5. The standard InChI is InChI=1S/C27H28ClN7O4S.ClH/c1-34-11-9-19-21(15-34)40-26(32-19)25(38)31-20-14-35(27(39)16-5-3-2-4-6-16)12-10-18(20)30-23(36)24(37)33-22-8-7-17(28)13-29-22;/h2-8,13,18,20H,9-12,14-15H2,1H3,(H,30,36)(H,31,38)(H,29,33,37);1H/t18-,20+;/m0./s1. The van der Waals surface area contributed by atoms with E-state index in [9.17, 15) is 19.2 Å². The highest BCUT2D eigenvalue weighted by Crippen LogP contribution is 2.25. The molecule has 1 saturated heterocycles. The number of fused-ring (bicyclic) bond motifs is 1. The Balaban J connectivity index is 0.00000387. The molecule has 2 aliphatic heterocycles. The summed E-state index contributed by atoms with van der Waals surface area (Å²) in [5.41, 5.74) is 1.46. The van der Waals surface area contributed by atoms with E-state index in [2.05, 4.69) is 30.8 Å². The maximum Gasteiger partial charge on any atom is 0.314 e. The normalized spacial score (nSPS) is 18.4. The summed E-state index contributed by atoms with van der Waals surface area (Å²) in [7, 11) is 2.02. The molecule has 4 heterocycles. The fourth-order valence-corrected chi connectivity index (χ4v) is 5.93. The molecule has 1 fully saturated rings. The van der Waals surface area contributed by atoms with Crippen LogP contribution in [0, 0.1) is 0 Å². The number of amides is 4. The Kier molecular flexibility index (Phi) is 9.92. The molecule has 11 nitrogen and oxygen atoms in total. The highest BCUT2D eigenvalue weighted by Gasteiger charge is 2.36. The molecule has 0 radical (unpaired) electrons. The minimum Gasteiger partial charge on any atom is -0.343 e. The quantitative estimate of drug-likeness (QED) is 0.374. The molecule has 1 aromatic carbocycles. The lowest BCUT2D eigenvalue weighted by Gasteiger charge is -2.39. The summed E-state index contributed by atoms with van der Waals surface area (Å²) in [6, 6.07) is 10.6. The lowest BCUT2D eigenvalue weighted by atomic mass is 9.98. The molecule has 0 spiro atoms. The number of anilines is 1. The average molecular weight is 619 g/mol. The van der Waals surface area contributed by atoms with Crippen LogP contribution >= 0.6 is 35.3 Å². The molecule has 14 heteroatoms. The van der Waals surface area contributed by atoms with Crippen molar-refractivity contribution in [3.63, 3.8) is 0 Å². The van der Waals surface area contributed by atoms with Gasteiger partial charge in [-0.05, 0) is 37.7 Å². The lowest BCUT2D eigenvalue weighted by molar-refractivity contribution is -0.136. The fourth-order valence-electron chi connectivity index (χ4n) is 4.73. The van der Waals surface area contributed by atoms with E-state index >= 15 is 0 Å². The van der Waals surface area contributed by atoms with Gasteiger partial charge in [0.1, 0.15) is 5.82 Å². The number of carbonyl (C=O) groups is 4. The predicted molar refractivity (Wildman–Crippen MR) is 157 cm³/mol. The number of hydrogen-bond acceptors (Lipinski definition) is 8. The van der Waals surface area contributed by atoms with Gasteiger partial charge < -0.3 is 25.8 Å². The molecule has 3 aromatic rings. The van der Waals surface area contributed by atoms with Crippen LogP contribution in [0.15, 0.2) is 48.7 Å². The van der Waals surface area contributed by atoms with E-state index in [0.717, 1.165) is 30.1 Å². The van der Waals surface area contributed by atoms with Crippen molar-refractivity contribution in [2.75, 3.05) is 32.0 Å². The van der Waals surface area contributed by atoms with E-state index in [-0.39, 0.29) is 36.6 Å². The molecule has 0 unspecified atom stereocenters. The number of benzene rings is 1. The largest absolute Gasteiger partial charge is 0.343 e. The van der Waals surface area contributed by atoms with Crippen LogP contribution < -0.4 is 16.0 Å². The van der Waals surface area contributed by atoms with Gasteiger partial charge in [0.25, 0.3) is 11.8 Å². The molecule has 3 N–H and O–H groups in total. The predicted octanol–water partition coefficient (Wildman–Crippen LogP) is 2.37. The zero-order valence-corrected chi connectivity index (χ0v) is 24.5. The Labute approximate surface area is 252 Å². The van der Waals surface area contributed by atoms with Gasteiger partial charge >= 0.3 is 11.8 Å². The maximum absolute atomic E-state index is 13.3. The zero-order chi connectivity index (χ0) is 28.2. The van der Waals surface area contributed by atoms with Crippen molar-refractivity contribution >= 4 is 64.8 Å². The van der Waals surface area contributed by atoms with Crippen molar-refractivity contribution in [1.82, 2.24) is 30.4 Å². The van der Waals surface area contributed by atoms with Crippen LogP contribution in [0.5, 0.6) is 0 Å². The summed E-state index contributed by atoms with van der Waals surface area (Å²) >= 11 is 7.18. The smallest absolute Gasteiger partial charge is 0.314 e. The number of pyridine rings is 1. The second-order valence-electron chi connectivity index (χ2n) is 9.76. The monoisotopic (exact) mass is 617 g/mol. The number of likely N-dealkylation sites (tertiary alicyclic amines) is 1. The minimum absolute atomic E-state index is 0. The van der Waals surface area contributed by atoms with Crippen LogP contribution in [0.3, 0.4) is 0 Å². The summed E-state index contributed by atoms with van der Waals surface area (Å²) in [6.45, 7) is 2.10. The Morgan fingerprint density at radius 3 is 2.51 bits per heavy atom. The third kappa shape index (κ3) is 7.39. The van der Waals surface area contributed by atoms with E-state index in [1.807, 2.05) is 13.1 Å². The Morgan fingerprint density at radius 2 is 1.78 bits per heavy atom. The number of aromatic nitrogens is 2. The number of carbonyl (C=O) groups excluding carboxylic acids is 4. The molecule has 216 valence electrons. The molecule has 5 rings (SSSR count). The van der Waals surface area contributed by atoms with Gasteiger partial charge in [0.15, 0.2) is 5.01 Å². The lowest BCUT2D eigenvalue weighted by Crippen LogP contribution is -2.62. The molecule has 2 atom stereocenters. The number of nitrogens with one attached hydrogen (secondary N) is 3. The van der Waals surface area contributed by atoms with Gasteiger partial charge in [-0.1, -0.05) is 29.8 Å². The number of halogens is 2. The maximum atomic E-state index is 13.3. The first-order valence-corrected chi connectivity index (χ1v) is 14.0. The topological polar surface area (TPSA) is 137 Å². The van der Waals surface area contributed by atoms with Gasteiger partial charge in [0.2, 0.25) is 0 Å². The van der Waals surface area contributed by atoms with Crippen molar-refractivity contribution in [1.29, 1.82) is 0 Å². The summed E-state index contributed by atoms with van der Waals surface area (Å²) in [6.07, 6.45) is 2.46. The van der Waals surface area contributed by atoms with Gasteiger partial charge in [-0.3, -0.25) is 19.2 Å². The van der Waals surface area contributed by atoms with E-state index in [0.29, 0.717) is 28.6 Å².